The van der Waals surface area contributed by atoms with Crippen LogP contribution < -0.4 is 0 Å². The fourth-order valence-corrected chi connectivity index (χ4v) is 3.29. The van der Waals surface area contributed by atoms with Crippen molar-refractivity contribution in [1.82, 2.24) is 9.78 Å². The van der Waals surface area contributed by atoms with Crippen LogP contribution in [0.1, 0.15) is 22.5 Å². The highest BCUT2D eigenvalue weighted by atomic mass is 19.1. The summed E-state index contributed by atoms with van der Waals surface area (Å²) in [6.07, 6.45) is 1.90. The van der Waals surface area contributed by atoms with Gasteiger partial charge in [-0.2, -0.15) is 5.10 Å². The molecule has 124 valence electrons. The van der Waals surface area contributed by atoms with Gasteiger partial charge >= 0.3 is 0 Å². The number of benzene rings is 2. The Bertz CT molecular complexity index is 996. The largest absolute Gasteiger partial charge is 0.294 e. The number of aromatic nitrogens is 2. The van der Waals surface area contributed by atoms with Gasteiger partial charge in [-0.15, -0.1) is 0 Å². The molecule has 0 unspecified atom stereocenters. The lowest BCUT2D eigenvalue weighted by Gasteiger charge is -2.17. The van der Waals surface area contributed by atoms with E-state index in [9.17, 15) is 9.18 Å². The van der Waals surface area contributed by atoms with Crippen molar-refractivity contribution in [2.24, 2.45) is 0 Å². The lowest BCUT2D eigenvalue weighted by molar-refractivity contribution is -0.114. The number of hydrogen-bond acceptors (Lipinski definition) is 2. The Morgan fingerprint density at radius 1 is 0.960 bits per heavy atom. The molecule has 3 aromatic rings. The Hall–Kier alpha value is -3.01. The first kappa shape index (κ1) is 15.5. The van der Waals surface area contributed by atoms with Crippen LogP contribution in [-0.2, 0) is 11.2 Å². The van der Waals surface area contributed by atoms with Gasteiger partial charge in [-0.3, -0.25) is 4.79 Å². The number of fused-ring (bicyclic) bond motifs is 1. The standard InChI is InChI=1S/C21H17FN2O/c1-13-3-5-16(6-4-13)21-14(2)23-24-19(11-18(25)12-20(21)24)15-7-9-17(22)10-8-15/h3-11H,12H2,1-2H3. The molecular weight excluding hydrogens is 315 g/mol. The predicted molar refractivity (Wildman–Crippen MR) is 95.6 cm³/mol. The van der Waals surface area contributed by atoms with Crippen molar-refractivity contribution in [3.63, 3.8) is 0 Å². The summed E-state index contributed by atoms with van der Waals surface area (Å²) in [4.78, 5) is 12.3. The Kier molecular flexibility index (Phi) is 3.61. The van der Waals surface area contributed by atoms with Gasteiger partial charge in [-0.1, -0.05) is 29.8 Å². The molecule has 1 aliphatic heterocycles. The first-order chi connectivity index (χ1) is 12.0. The second kappa shape index (κ2) is 5.81. The van der Waals surface area contributed by atoms with E-state index in [-0.39, 0.29) is 11.6 Å². The minimum absolute atomic E-state index is 0.0279. The van der Waals surface area contributed by atoms with E-state index in [2.05, 4.69) is 29.4 Å². The molecule has 0 saturated carbocycles. The van der Waals surface area contributed by atoms with Crippen LogP contribution in [0, 0.1) is 19.7 Å². The van der Waals surface area contributed by atoms with Gasteiger partial charge in [0.15, 0.2) is 5.78 Å². The van der Waals surface area contributed by atoms with Crippen LogP contribution in [0.5, 0.6) is 0 Å². The fourth-order valence-electron chi connectivity index (χ4n) is 3.29. The molecule has 0 fully saturated rings. The van der Waals surface area contributed by atoms with Gasteiger partial charge in [0, 0.05) is 17.2 Å². The summed E-state index contributed by atoms with van der Waals surface area (Å²) in [5, 5.41) is 4.67. The molecule has 0 spiro atoms. The number of carbonyl (C=O) groups excluding carboxylic acids is 1. The molecule has 0 radical (unpaired) electrons. The summed E-state index contributed by atoms with van der Waals surface area (Å²) in [7, 11) is 0. The van der Waals surface area contributed by atoms with E-state index in [0.29, 0.717) is 12.1 Å². The molecule has 4 rings (SSSR count). The van der Waals surface area contributed by atoms with E-state index in [1.165, 1.54) is 17.7 Å². The first-order valence-corrected chi connectivity index (χ1v) is 8.19. The Morgan fingerprint density at radius 2 is 1.60 bits per heavy atom. The molecule has 2 aromatic carbocycles. The molecule has 2 heterocycles. The van der Waals surface area contributed by atoms with Crippen LogP contribution in [0.2, 0.25) is 0 Å². The molecule has 0 bridgehead atoms. The molecular formula is C21H17FN2O. The summed E-state index contributed by atoms with van der Waals surface area (Å²) in [5.74, 6) is -0.274. The minimum Gasteiger partial charge on any atom is -0.294 e. The number of aryl methyl sites for hydroxylation is 2. The maximum Gasteiger partial charge on any atom is 0.163 e. The maximum atomic E-state index is 13.2. The molecule has 0 saturated heterocycles. The second-order valence-corrected chi connectivity index (χ2v) is 6.36. The third-order valence-electron chi connectivity index (χ3n) is 4.50. The Morgan fingerprint density at radius 3 is 2.28 bits per heavy atom. The van der Waals surface area contributed by atoms with E-state index in [1.54, 1.807) is 18.2 Å². The third kappa shape index (κ3) is 2.70. The van der Waals surface area contributed by atoms with Gasteiger partial charge in [0.2, 0.25) is 0 Å². The summed E-state index contributed by atoms with van der Waals surface area (Å²) in [6.45, 7) is 4.00. The van der Waals surface area contributed by atoms with Crippen molar-refractivity contribution in [1.29, 1.82) is 0 Å². The maximum absolute atomic E-state index is 13.2. The SMILES string of the molecule is Cc1ccc(-c2c(C)nn3c2CC(=O)C=C3c2ccc(F)cc2)cc1. The Balaban J connectivity index is 1.89. The van der Waals surface area contributed by atoms with E-state index in [1.807, 2.05) is 18.5 Å². The molecule has 0 atom stereocenters. The van der Waals surface area contributed by atoms with Crippen molar-refractivity contribution in [3.05, 3.63) is 82.9 Å². The molecule has 3 nitrogen and oxygen atoms in total. The average Bonchev–Trinajstić information content (AvgIpc) is 2.92. The van der Waals surface area contributed by atoms with Gasteiger partial charge in [0.25, 0.3) is 0 Å². The number of allylic oxidation sites excluding steroid dienone is 1. The highest BCUT2D eigenvalue weighted by Gasteiger charge is 2.25. The normalized spacial score (nSPS) is 13.6. The number of rotatable bonds is 2. The number of carbonyl (C=O) groups is 1. The van der Waals surface area contributed by atoms with Crippen molar-refractivity contribution in [2.75, 3.05) is 0 Å². The van der Waals surface area contributed by atoms with Crippen LogP contribution in [-0.4, -0.2) is 15.6 Å². The van der Waals surface area contributed by atoms with Crippen LogP contribution in [0.3, 0.4) is 0 Å². The summed E-state index contributed by atoms with van der Waals surface area (Å²) >= 11 is 0. The molecule has 4 heteroatoms. The van der Waals surface area contributed by atoms with E-state index >= 15 is 0 Å². The van der Waals surface area contributed by atoms with Crippen molar-refractivity contribution in [3.8, 4) is 11.1 Å². The smallest absolute Gasteiger partial charge is 0.163 e. The van der Waals surface area contributed by atoms with Gasteiger partial charge in [0.05, 0.1) is 23.5 Å². The van der Waals surface area contributed by atoms with Crippen LogP contribution >= 0.6 is 0 Å². The van der Waals surface area contributed by atoms with Crippen molar-refractivity contribution in [2.45, 2.75) is 20.3 Å². The third-order valence-corrected chi connectivity index (χ3v) is 4.50. The van der Waals surface area contributed by atoms with Crippen LogP contribution in [0.4, 0.5) is 4.39 Å². The zero-order chi connectivity index (χ0) is 17.6. The van der Waals surface area contributed by atoms with E-state index in [0.717, 1.165) is 28.1 Å². The highest BCUT2D eigenvalue weighted by molar-refractivity contribution is 6.01. The monoisotopic (exact) mass is 332 g/mol. The number of nitrogens with zero attached hydrogens (tertiary/aromatic N) is 2. The molecule has 1 aliphatic rings. The summed E-state index contributed by atoms with van der Waals surface area (Å²) < 4.78 is 15.1. The van der Waals surface area contributed by atoms with Crippen LogP contribution in [0.25, 0.3) is 16.8 Å². The zero-order valence-corrected chi connectivity index (χ0v) is 14.1. The molecule has 1 aromatic heterocycles. The lowest BCUT2D eigenvalue weighted by Crippen LogP contribution is -2.16. The van der Waals surface area contributed by atoms with Gasteiger partial charge < -0.3 is 0 Å². The van der Waals surface area contributed by atoms with Crippen molar-refractivity contribution >= 4 is 11.5 Å². The quantitative estimate of drug-likeness (QED) is 0.700. The molecule has 25 heavy (non-hydrogen) atoms. The average molecular weight is 332 g/mol. The highest BCUT2D eigenvalue weighted by Crippen LogP contribution is 2.33. The predicted octanol–water partition coefficient (Wildman–Crippen LogP) is 4.32. The van der Waals surface area contributed by atoms with E-state index < -0.39 is 0 Å². The van der Waals surface area contributed by atoms with Gasteiger partial charge in [-0.05, 0) is 43.7 Å². The van der Waals surface area contributed by atoms with Crippen molar-refractivity contribution < 1.29 is 9.18 Å². The fraction of sp³-hybridized carbons (Fsp3) is 0.143. The summed E-state index contributed by atoms with van der Waals surface area (Å²) in [5.41, 5.74) is 6.46. The van der Waals surface area contributed by atoms with E-state index in [4.69, 9.17) is 0 Å². The molecule has 0 aliphatic carbocycles. The van der Waals surface area contributed by atoms with Gasteiger partial charge in [0.1, 0.15) is 5.82 Å². The number of ketones is 1. The van der Waals surface area contributed by atoms with Gasteiger partial charge in [-0.25, -0.2) is 9.07 Å². The lowest BCUT2D eigenvalue weighted by atomic mass is 9.97. The first-order valence-electron chi connectivity index (χ1n) is 8.19. The topological polar surface area (TPSA) is 34.9 Å². The number of halogens is 1. The van der Waals surface area contributed by atoms with Crippen LogP contribution in [0.15, 0.2) is 54.6 Å². The minimum atomic E-state index is -0.302. The molecule has 0 amide bonds. The second-order valence-electron chi connectivity index (χ2n) is 6.36. The summed E-state index contributed by atoms with van der Waals surface area (Å²) in [6, 6.07) is 14.4. The molecule has 0 N–H and O–H groups in total. The Labute approximate surface area is 145 Å². The number of hydrogen-bond donors (Lipinski definition) is 0. The zero-order valence-electron chi connectivity index (χ0n) is 14.1.